The van der Waals surface area contributed by atoms with Crippen molar-refractivity contribution >= 4 is 39.1 Å². The van der Waals surface area contributed by atoms with E-state index in [1.807, 2.05) is 24.3 Å². The van der Waals surface area contributed by atoms with Gasteiger partial charge < -0.3 is 20.5 Å². The second kappa shape index (κ2) is 11.7. The van der Waals surface area contributed by atoms with Crippen molar-refractivity contribution in [3.05, 3.63) is 60.3 Å². The van der Waals surface area contributed by atoms with Gasteiger partial charge >= 0.3 is 0 Å². The number of likely N-dealkylation sites (tertiary alicyclic amines) is 1. The fourth-order valence-corrected chi connectivity index (χ4v) is 4.74. The second-order valence-electron chi connectivity index (χ2n) is 8.68. The van der Waals surface area contributed by atoms with E-state index < -0.39 is 10.9 Å². The average Bonchev–Trinajstić information content (AvgIpc) is 3.30. The van der Waals surface area contributed by atoms with Crippen molar-refractivity contribution in [1.82, 2.24) is 14.8 Å². The molecule has 2 heterocycles. The lowest BCUT2D eigenvalue weighted by molar-refractivity contribution is -0.134. The molecular weight excluding hydrogens is 482 g/mol. The summed E-state index contributed by atoms with van der Waals surface area (Å²) in [4.78, 5) is 21.4. The van der Waals surface area contributed by atoms with Crippen molar-refractivity contribution in [2.75, 3.05) is 46.1 Å². The first-order chi connectivity index (χ1) is 17.4. The van der Waals surface area contributed by atoms with E-state index in [0.717, 1.165) is 12.1 Å². The van der Waals surface area contributed by atoms with Crippen LogP contribution in [-0.2, 0) is 19.9 Å². The maximum atomic E-state index is 13.3. The number of carbonyl (C=O) groups excluding carboxylic acids is 1. The highest BCUT2D eigenvalue weighted by atomic mass is 32.2. The van der Waals surface area contributed by atoms with Gasteiger partial charge in [-0.25, -0.2) is 4.21 Å². The molecule has 192 valence electrons. The minimum absolute atomic E-state index is 0.190. The standard InChI is InChI=1S/C25H31N5O5S/c1-29(22(15-30-12-10-19(31)14-30)17-5-3-6-18(26)13-17)24(32)16-35-23-9-8-21(28-36(33)34-2)25-20(23)7-4-11-27-25/h3-9,11,13,19,22,31,36H,10,12,14-16,26H2,1-2H3/t19-,22?/m0/s1. The molecule has 2 aromatic carbocycles. The first kappa shape index (κ1) is 25.8. The zero-order chi connectivity index (χ0) is 25.7. The lowest BCUT2D eigenvalue weighted by Crippen LogP contribution is -2.41. The molecule has 0 spiro atoms. The molecule has 0 bridgehead atoms. The molecule has 3 atom stereocenters. The number of rotatable bonds is 9. The number of β-amino-alcohol motifs (C(OH)–C–C–N with tert-alkyl or cyclic N) is 1. The monoisotopic (exact) mass is 513 g/mol. The molecular formula is C25H31N5O5S. The van der Waals surface area contributed by atoms with Gasteiger partial charge in [0.05, 0.1) is 19.3 Å². The van der Waals surface area contributed by atoms with Gasteiger partial charge in [0, 0.05) is 44.0 Å². The molecule has 3 N–H and O–H groups in total. The summed E-state index contributed by atoms with van der Waals surface area (Å²) in [7, 11) is 0.864. The van der Waals surface area contributed by atoms with Crippen LogP contribution in [0.3, 0.4) is 0 Å². The number of carbonyl (C=O) groups is 1. The number of thiol groups is 1. The van der Waals surface area contributed by atoms with E-state index in [2.05, 4.69) is 14.2 Å². The highest BCUT2D eigenvalue weighted by Gasteiger charge is 2.28. The molecule has 0 aliphatic carbocycles. The SMILES string of the molecule is CO[SH](=O)=Nc1ccc(OCC(=O)N(C)C(CN2CC[C@H](O)C2)c2cccc(N)c2)c2cccnc12. The zero-order valence-corrected chi connectivity index (χ0v) is 21.2. The van der Waals surface area contributed by atoms with Crippen LogP contribution < -0.4 is 10.5 Å². The number of aromatic nitrogens is 1. The number of benzene rings is 2. The maximum Gasteiger partial charge on any atom is 0.260 e. The van der Waals surface area contributed by atoms with Gasteiger partial charge in [-0.05, 0) is 48.4 Å². The number of nitrogens with two attached hydrogens (primary N) is 1. The van der Waals surface area contributed by atoms with Gasteiger partial charge in [0.15, 0.2) is 17.5 Å². The number of anilines is 1. The van der Waals surface area contributed by atoms with Gasteiger partial charge in [0.25, 0.3) is 5.91 Å². The van der Waals surface area contributed by atoms with E-state index in [0.29, 0.717) is 47.5 Å². The van der Waals surface area contributed by atoms with Crippen molar-refractivity contribution < 1.29 is 23.0 Å². The topological polar surface area (TPSA) is 131 Å². The molecule has 1 fully saturated rings. The van der Waals surface area contributed by atoms with Crippen LogP contribution in [0.15, 0.2) is 59.1 Å². The highest BCUT2D eigenvalue weighted by molar-refractivity contribution is 7.69. The third-order valence-electron chi connectivity index (χ3n) is 6.24. The van der Waals surface area contributed by atoms with Crippen molar-refractivity contribution in [3.8, 4) is 5.75 Å². The smallest absolute Gasteiger partial charge is 0.260 e. The molecule has 2 unspecified atom stereocenters. The number of ether oxygens (including phenoxy) is 1. The van der Waals surface area contributed by atoms with Crippen LogP contribution in [0.25, 0.3) is 10.9 Å². The maximum absolute atomic E-state index is 13.3. The number of nitrogen functional groups attached to an aromatic ring is 1. The summed E-state index contributed by atoms with van der Waals surface area (Å²) in [5.74, 6) is 0.255. The van der Waals surface area contributed by atoms with Crippen LogP contribution in [0.4, 0.5) is 11.4 Å². The third-order valence-corrected chi connectivity index (χ3v) is 6.93. The molecule has 3 aromatic rings. The molecule has 11 heteroatoms. The number of hydrogen-bond acceptors (Lipinski definition) is 9. The number of hydrogen-bond donors (Lipinski definition) is 3. The predicted octanol–water partition coefficient (Wildman–Crippen LogP) is 2.32. The molecule has 10 nitrogen and oxygen atoms in total. The molecule has 1 aliphatic heterocycles. The Morgan fingerprint density at radius 2 is 2.17 bits per heavy atom. The zero-order valence-electron chi connectivity index (χ0n) is 20.3. The fourth-order valence-electron chi connectivity index (χ4n) is 4.32. The number of fused-ring (bicyclic) bond motifs is 1. The first-order valence-electron chi connectivity index (χ1n) is 11.6. The van der Waals surface area contributed by atoms with Crippen LogP contribution >= 0.6 is 0 Å². The minimum atomic E-state index is -2.20. The van der Waals surface area contributed by atoms with E-state index in [1.165, 1.54) is 7.11 Å². The Morgan fingerprint density at radius 3 is 2.89 bits per heavy atom. The van der Waals surface area contributed by atoms with Crippen molar-refractivity contribution in [2.45, 2.75) is 18.6 Å². The number of likely N-dealkylation sites (N-methyl/N-ethyl adjacent to an activating group) is 1. The molecule has 1 amide bonds. The Kier molecular flexibility index (Phi) is 8.36. The van der Waals surface area contributed by atoms with Crippen molar-refractivity contribution in [1.29, 1.82) is 0 Å². The van der Waals surface area contributed by atoms with Crippen molar-refractivity contribution in [2.24, 2.45) is 4.36 Å². The van der Waals surface area contributed by atoms with Gasteiger partial charge in [0.1, 0.15) is 17.0 Å². The van der Waals surface area contributed by atoms with Crippen LogP contribution in [0.1, 0.15) is 18.0 Å². The molecule has 4 rings (SSSR count). The Labute approximate surface area is 212 Å². The predicted molar refractivity (Wildman–Crippen MR) is 139 cm³/mol. The summed E-state index contributed by atoms with van der Waals surface area (Å²) >= 11 is 0. The van der Waals surface area contributed by atoms with Crippen LogP contribution in [0.5, 0.6) is 5.75 Å². The van der Waals surface area contributed by atoms with Gasteiger partial charge in [-0.3, -0.25) is 18.9 Å². The summed E-state index contributed by atoms with van der Waals surface area (Å²) in [5.41, 5.74) is 8.47. The van der Waals surface area contributed by atoms with E-state index >= 15 is 0 Å². The van der Waals surface area contributed by atoms with Crippen molar-refractivity contribution in [3.63, 3.8) is 0 Å². The molecule has 1 aliphatic rings. The Balaban J connectivity index is 1.53. The van der Waals surface area contributed by atoms with Crippen LogP contribution in [0, 0.1) is 0 Å². The summed E-state index contributed by atoms with van der Waals surface area (Å²) < 4.78 is 26.5. The molecule has 36 heavy (non-hydrogen) atoms. The molecule has 1 aromatic heterocycles. The fraction of sp³-hybridized carbons (Fsp3) is 0.360. The van der Waals surface area contributed by atoms with Gasteiger partial charge in [-0.15, -0.1) is 0 Å². The highest BCUT2D eigenvalue weighted by Crippen LogP contribution is 2.32. The van der Waals surface area contributed by atoms with E-state index in [4.69, 9.17) is 14.7 Å². The number of amides is 1. The van der Waals surface area contributed by atoms with Gasteiger partial charge in [-0.2, -0.15) is 4.36 Å². The summed E-state index contributed by atoms with van der Waals surface area (Å²) in [6, 6.07) is 14.1. The Hall–Kier alpha value is -3.25. The van der Waals surface area contributed by atoms with Crippen LogP contribution in [-0.4, -0.2) is 76.5 Å². The number of aliphatic hydroxyl groups is 1. The quantitative estimate of drug-likeness (QED) is 0.294. The van der Waals surface area contributed by atoms with E-state index in [9.17, 15) is 14.1 Å². The minimum Gasteiger partial charge on any atom is -0.483 e. The molecule has 1 saturated heterocycles. The summed E-state index contributed by atoms with van der Waals surface area (Å²) in [6.45, 7) is 1.72. The third kappa shape index (κ3) is 6.11. The average molecular weight is 514 g/mol. The molecule has 0 saturated carbocycles. The van der Waals surface area contributed by atoms with E-state index in [1.54, 1.807) is 42.4 Å². The number of nitrogens with zero attached hydrogens (tertiary/aromatic N) is 4. The number of pyridine rings is 1. The first-order valence-corrected chi connectivity index (χ1v) is 12.7. The number of aliphatic hydroxyl groups excluding tert-OH is 1. The van der Waals surface area contributed by atoms with E-state index in [-0.39, 0.29) is 24.7 Å². The summed E-state index contributed by atoms with van der Waals surface area (Å²) in [5, 5.41) is 10.6. The van der Waals surface area contributed by atoms with Gasteiger partial charge in [-0.1, -0.05) is 12.1 Å². The molecule has 0 radical (unpaired) electrons. The Bertz CT molecular complexity index is 1310. The lowest BCUT2D eigenvalue weighted by Gasteiger charge is -2.32. The largest absolute Gasteiger partial charge is 0.483 e. The van der Waals surface area contributed by atoms with Gasteiger partial charge in [0.2, 0.25) is 0 Å². The lowest BCUT2D eigenvalue weighted by atomic mass is 10.0. The van der Waals surface area contributed by atoms with Crippen LogP contribution in [0.2, 0.25) is 0 Å². The second-order valence-corrected chi connectivity index (χ2v) is 9.72. The normalized spacial score (nSPS) is 17.8. The summed E-state index contributed by atoms with van der Waals surface area (Å²) in [6.07, 6.45) is 1.97. The Morgan fingerprint density at radius 1 is 1.33 bits per heavy atom.